The van der Waals surface area contributed by atoms with Crippen molar-refractivity contribution in [3.63, 3.8) is 0 Å². The first-order valence-corrected chi connectivity index (χ1v) is 2.75. The number of hydrogen-bond acceptors (Lipinski definition) is 3. The van der Waals surface area contributed by atoms with Crippen molar-refractivity contribution in [3.05, 3.63) is 12.3 Å². The molecule has 1 unspecified atom stereocenters. The average molecular weight is 130 g/mol. The van der Waals surface area contributed by atoms with Crippen LogP contribution in [0.5, 0.6) is 0 Å². The third-order valence-corrected chi connectivity index (χ3v) is 1.05. The molecule has 0 amide bonds. The lowest BCUT2D eigenvalue weighted by Crippen LogP contribution is -2.21. The molecule has 3 heteroatoms. The molecule has 0 aromatic carbocycles. The number of aliphatic hydroxyl groups excluding tert-OH is 1. The van der Waals surface area contributed by atoms with E-state index in [4.69, 9.17) is 14.6 Å². The van der Waals surface area contributed by atoms with Crippen molar-refractivity contribution in [3.8, 4) is 0 Å². The molecule has 1 rings (SSSR count). The fourth-order valence-corrected chi connectivity index (χ4v) is 0.725. The molecule has 0 aromatic heterocycles. The molecule has 0 bridgehead atoms. The lowest BCUT2D eigenvalue weighted by molar-refractivity contribution is -0.173. The van der Waals surface area contributed by atoms with Crippen LogP contribution in [0.15, 0.2) is 12.3 Å². The van der Waals surface area contributed by atoms with Crippen LogP contribution in [0.2, 0.25) is 0 Å². The predicted molar refractivity (Wildman–Crippen MR) is 31.4 cm³/mol. The van der Waals surface area contributed by atoms with Gasteiger partial charge in [0.1, 0.15) is 5.76 Å². The van der Waals surface area contributed by atoms with E-state index in [9.17, 15) is 0 Å². The molecular formula is C6H10O3. The van der Waals surface area contributed by atoms with Crippen molar-refractivity contribution in [2.45, 2.75) is 25.9 Å². The molecule has 1 aliphatic heterocycles. The lowest BCUT2D eigenvalue weighted by atomic mass is 10.4. The van der Waals surface area contributed by atoms with Gasteiger partial charge in [0.15, 0.2) is 0 Å². The molecule has 0 saturated carbocycles. The van der Waals surface area contributed by atoms with Gasteiger partial charge in [-0.25, -0.2) is 0 Å². The zero-order valence-corrected chi connectivity index (χ0v) is 5.55. The summed E-state index contributed by atoms with van der Waals surface area (Å²) >= 11 is 0. The quantitative estimate of drug-likeness (QED) is 0.522. The van der Waals surface area contributed by atoms with Gasteiger partial charge in [-0.15, -0.1) is 0 Å². The number of aliphatic hydroxyl groups is 1. The Labute approximate surface area is 53.9 Å². The van der Waals surface area contributed by atoms with E-state index in [2.05, 4.69) is 6.58 Å². The van der Waals surface area contributed by atoms with Crippen LogP contribution in [-0.4, -0.2) is 17.2 Å². The van der Waals surface area contributed by atoms with Gasteiger partial charge in [0.05, 0.1) is 0 Å². The highest BCUT2D eigenvalue weighted by Gasteiger charge is 2.35. The summed E-state index contributed by atoms with van der Waals surface area (Å²) < 4.78 is 9.89. The maximum atomic E-state index is 8.89. The SMILES string of the molecule is C=C1OC(C)(C)OC1O. The standard InChI is InChI=1S/C6H10O3/c1-4-5(7)9-6(2,3)8-4/h5,7H,1H2,2-3H3. The van der Waals surface area contributed by atoms with E-state index in [1.807, 2.05) is 0 Å². The molecule has 1 atom stereocenters. The first-order chi connectivity index (χ1) is 4.01. The van der Waals surface area contributed by atoms with Crippen LogP contribution >= 0.6 is 0 Å². The van der Waals surface area contributed by atoms with Crippen molar-refractivity contribution < 1.29 is 14.6 Å². The minimum absolute atomic E-state index is 0.278. The fraction of sp³-hybridized carbons (Fsp3) is 0.667. The summed E-state index contributed by atoms with van der Waals surface area (Å²) in [4.78, 5) is 0. The number of rotatable bonds is 0. The van der Waals surface area contributed by atoms with Gasteiger partial charge >= 0.3 is 0 Å². The molecule has 0 aromatic rings. The first kappa shape index (κ1) is 6.58. The van der Waals surface area contributed by atoms with Crippen molar-refractivity contribution in [1.29, 1.82) is 0 Å². The Morgan fingerprint density at radius 1 is 1.67 bits per heavy atom. The van der Waals surface area contributed by atoms with E-state index in [-0.39, 0.29) is 5.76 Å². The summed E-state index contributed by atoms with van der Waals surface area (Å²) in [5.74, 6) is -0.434. The second-order valence-electron chi connectivity index (χ2n) is 2.44. The Morgan fingerprint density at radius 3 is 2.33 bits per heavy atom. The van der Waals surface area contributed by atoms with Gasteiger partial charge in [-0.2, -0.15) is 0 Å². The van der Waals surface area contributed by atoms with Crippen LogP contribution in [0.1, 0.15) is 13.8 Å². The van der Waals surface area contributed by atoms with E-state index in [0.717, 1.165) is 0 Å². The van der Waals surface area contributed by atoms with Crippen molar-refractivity contribution in [2.24, 2.45) is 0 Å². The highest BCUT2D eigenvalue weighted by Crippen LogP contribution is 2.27. The van der Waals surface area contributed by atoms with Gasteiger partial charge in [0.25, 0.3) is 0 Å². The normalized spacial score (nSPS) is 32.3. The van der Waals surface area contributed by atoms with Crippen molar-refractivity contribution in [2.75, 3.05) is 0 Å². The van der Waals surface area contributed by atoms with Crippen LogP contribution in [0.4, 0.5) is 0 Å². The van der Waals surface area contributed by atoms with Crippen LogP contribution < -0.4 is 0 Å². The van der Waals surface area contributed by atoms with Crippen LogP contribution in [0.25, 0.3) is 0 Å². The molecule has 0 radical (unpaired) electrons. The molecule has 3 nitrogen and oxygen atoms in total. The van der Waals surface area contributed by atoms with Gasteiger partial charge in [-0.1, -0.05) is 6.58 Å². The molecule has 1 saturated heterocycles. The smallest absolute Gasteiger partial charge is 0.217 e. The molecule has 1 aliphatic rings. The Hall–Kier alpha value is -0.540. The third kappa shape index (κ3) is 1.23. The molecule has 1 fully saturated rings. The zero-order valence-electron chi connectivity index (χ0n) is 5.55. The minimum Gasteiger partial charge on any atom is -0.462 e. The Bertz CT molecular complexity index is 139. The fourth-order valence-electron chi connectivity index (χ4n) is 0.725. The molecule has 52 valence electrons. The molecule has 0 aliphatic carbocycles. The van der Waals surface area contributed by atoms with Crippen LogP contribution in [0, 0.1) is 0 Å². The van der Waals surface area contributed by atoms with Gasteiger partial charge in [-0.3, -0.25) is 0 Å². The highest BCUT2D eigenvalue weighted by atomic mass is 16.8. The van der Waals surface area contributed by atoms with E-state index in [0.29, 0.717) is 0 Å². The summed E-state index contributed by atoms with van der Waals surface area (Å²) in [5, 5.41) is 8.89. The highest BCUT2D eigenvalue weighted by molar-refractivity contribution is 4.93. The maximum absolute atomic E-state index is 8.89. The number of ether oxygens (including phenoxy) is 2. The van der Waals surface area contributed by atoms with E-state index in [1.165, 1.54) is 0 Å². The zero-order chi connectivity index (χ0) is 7.07. The third-order valence-electron chi connectivity index (χ3n) is 1.05. The van der Waals surface area contributed by atoms with Gasteiger partial charge in [0.2, 0.25) is 12.1 Å². The number of hydrogen-bond donors (Lipinski definition) is 1. The van der Waals surface area contributed by atoms with E-state index in [1.54, 1.807) is 13.8 Å². The topological polar surface area (TPSA) is 38.7 Å². The van der Waals surface area contributed by atoms with Gasteiger partial charge in [0, 0.05) is 13.8 Å². The van der Waals surface area contributed by atoms with E-state index < -0.39 is 12.1 Å². The van der Waals surface area contributed by atoms with Crippen LogP contribution in [0.3, 0.4) is 0 Å². The molecular weight excluding hydrogens is 120 g/mol. The Balaban J connectivity index is 2.65. The van der Waals surface area contributed by atoms with Gasteiger partial charge < -0.3 is 14.6 Å². The Kier molecular flexibility index (Phi) is 1.26. The second-order valence-corrected chi connectivity index (χ2v) is 2.44. The summed E-state index contributed by atoms with van der Waals surface area (Å²) in [6, 6.07) is 0. The molecule has 9 heavy (non-hydrogen) atoms. The van der Waals surface area contributed by atoms with Crippen molar-refractivity contribution in [1.82, 2.24) is 0 Å². The molecule has 1 N–H and O–H groups in total. The minimum atomic E-state index is -0.958. The maximum Gasteiger partial charge on any atom is 0.217 e. The summed E-state index contributed by atoms with van der Waals surface area (Å²) in [5.41, 5.74) is 0. The van der Waals surface area contributed by atoms with Gasteiger partial charge in [-0.05, 0) is 0 Å². The molecule has 0 spiro atoms. The summed E-state index contributed by atoms with van der Waals surface area (Å²) in [7, 11) is 0. The Morgan fingerprint density at radius 2 is 2.22 bits per heavy atom. The largest absolute Gasteiger partial charge is 0.462 e. The molecule has 1 heterocycles. The monoisotopic (exact) mass is 130 g/mol. The summed E-state index contributed by atoms with van der Waals surface area (Å²) in [6.07, 6.45) is -0.958. The predicted octanol–water partition coefficient (Wildman–Crippen LogP) is 0.601. The lowest BCUT2D eigenvalue weighted by Gasteiger charge is -2.14. The van der Waals surface area contributed by atoms with E-state index >= 15 is 0 Å². The van der Waals surface area contributed by atoms with Crippen molar-refractivity contribution >= 4 is 0 Å². The second kappa shape index (κ2) is 1.72. The van der Waals surface area contributed by atoms with Crippen LogP contribution in [-0.2, 0) is 9.47 Å². The first-order valence-electron chi connectivity index (χ1n) is 2.75. The average Bonchev–Trinajstić information content (AvgIpc) is 1.79. The summed E-state index contributed by atoms with van der Waals surface area (Å²) in [6.45, 7) is 6.87.